The molecule has 0 aromatic carbocycles. The van der Waals surface area contributed by atoms with Gasteiger partial charge in [0.15, 0.2) is 0 Å². The molecule has 1 heterocycles. The van der Waals surface area contributed by atoms with Crippen LogP contribution in [0.5, 0.6) is 0 Å². The monoisotopic (exact) mass is 353 g/mol. The summed E-state index contributed by atoms with van der Waals surface area (Å²) in [5.74, 6) is -0.0566. The lowest BCUT2D eigenvalue weighted by Crippen LogP contribution is -2.42. The molecule has 0 bridgehead atoms. The van der Waals surface area contributed by atoms with Crippen LogP contribution >= 0.6 is 0 Å². The molecule has 0 aromatic heterocycles. The second kappa shape index (κ2) is 15.2. The molecule has 3 N–H and O–H groups in total. The molecular formula is C20H39N3O2. The molecule has 0 aliphatic carbocycles. The maximum Gasteiger partial charge on any atom is 0.242 e. The van der Waals surface area contributed by atoms with E-state index in [0.29, 0.717) is 19.4 Å². The van der Waals surface area contributed by atoms with Crippen molar-refractivity contribution in [2.45, 2.75) is 96.4 Å². The van der Waals surface area contributed by atoms with Crippen molar-refractivity contribution in [3.63, 3.8) is 0 Å². The van der Waals surface area contributed by atoms with Gasteiger partial charge in [0.2, 0.25) is 11.8 Å². The zero-order chi connectivity index (χ0) is 18.2. The van der Waals surface area contributed by atoms with E-state index in [1.807, 2.05) is 0 Å². The first-order chi connectivity index (χ1) is 12.2. The summed E-state index contributed by atoms with van der Waals surface area (Å²) in [7, 11) is 0. The number of amides is 2. The number of carbonyl (C=O) groups is 2. The molecule has 1 saturated heterocycles. The number of hydrogen-bond donors (Lipinski definition) is 3. The quantitative estimate of drug-likeness (QED) is 0.373. The lowest BCUT2D eigenvalue weighted by molar-refractivity contribution is -0.125. The Morgan fingerprint density at radius 1 is 0.920 bits per heavy atom. The van der Waals surface area contributed by atoms with Crippen LogP contribution in [0.1, 0.15) is 90.4 Å². The molecule has 0 radical (unpaired) electrons. The molecule has 5 heteroatoms. The molecule has 146 valence electrons. The molecule has 5 nitrogen and oxygen atoms in total. The standard InChI is InChI=1S/C20H39N3O2/c1-2-3-4-5-6-7-8-9-10-11-15-21-16-12-17-22-20(25)18-13-14-19(24)23-18/h18,21H,2-17H2,1H3,(H,22,25)(H,23,24)/t18-/m0/s1. The van der Waals surface area contributed by atoms with Crippen molar-refractivity contribution < 1.29 is 9.59 Å². The fraction of sp³-hybridized carbons (Fsp3) is 0.900. The summed E-state index contributed by atoms with van der Waals surface area (Å²) in [5.41, 5.74) is 0. The third kappa shape index (κ3) is 12.0. The van der Waals surface area contributed by atoms with Gasteiger partial charge in [-0.15, -0.1) is 0 Å². The molecule has 0 aromatic rings. The highest BCUT2D eigenvalue weighted by molar-refractivity contribution is 5.90. The largest absolute Gasteiger partial charge is 0.354 e. The van der Waals surface area contributed by atoms with Crippen LogP contribution in [0.2, 0.25) is 0 Å². The highest BCUT2D eigenvalue weighted by atomic mass is 16.2. The average molecular weight is 354 g/mol. The van der Waals surface area contributed by atoms with Gasteiger partial charge in [-0.1, -0.05) is 64.7 Å². The first-order valence-electron chi connectivity index (χ1n) is 10.5. The molecule has 0 spiro atoms. The minimum Gasteiger partial charge on any atom is -0.354 e. The van der Waals surface area contributed by atoms with E-state index in [1.165, 1.54) is 64.2 Å². The summed E-state index contributed by atoms with van der Waals surface area (Å²) < 4.78 is 0. The average Bonchev–Trinajstić information content (AvgIpc) is 3.04. The van der Waals surface area contributed by atoms with Gasteiger partial charge in [0.05, 0.1) is 0 Å². The normalized spacial score (nSPS) is 16.8. The fourth-order valence-electron chi connectivity index (χ4n) is 3.22. The summed E-state index contributed by atoms with van der Waals surface area (Å²) in [6.07, 6.45) is 15.7. The van der Waals surface area contributed by atoms with Crippen molar-refractivity contribution in [1.29, 1.82) is 0 Å². The van der Waals surface area contributed by atoms with E-state index in [9.17, 15) is 9.59 Å². The number of unbranched alkanes of at least 4 members (excludes halogenated alkanes) is 9. The minimum atomic E-state index is -0.313. The van der Waals surface area contributed by atoms with Gasteiger partial charge >= 0.3 is 0 Å². The molecule has 0 saturated carbocycles. The smallest absolute Gasteiger partial charge is 0.242 e. The van der Waals surface area contributed by atoms with Crippen LogP contribution in [0.3, 0.4) is 0 Å². The SMILES string of the molecule is CCCCCCCCCCCCNCCCNC(=O)[C@@H]1CCC(=O)N1. The molecule has 1 aliphatic rings. The van der Waals surface area contributed by atoms with Gasteiger partial charge in [0.25, 0.3) is 0 Å². The summed E-state index contributed by atoms with van der Waals surface area (Å²) >= 11 is 0. The lowest BCUT2D eigenvalue weighted by Gasteiger charge is -2.11. The summed E-state index contributed by atoms with van der Waals surface area (Å²) in [4.78, 5) is 22.8. The highest BCUT2D eigenvalue weighted by Crippen LogP contribution is 2.10. The van der Waals surface area contributed by atoms with Crippen molar-refractivity contribution in [2.24, 2.45) is 0 Å². The van der Waals surface area contributed by atoms with Crippen molar-refractivity contribution in [3.05, 3.63) is 0 Å². The number of nitrogens with one attached hydrogen (secondary N) is 3. The van der Waals surface area contributed by atoms with Gasteiger partial charge in [-0.3, -0.25) is 9.59 Å². The van der Waals surface area contributed by atoms with E-state index in [-0.39, 0.29) is 17.9 Å². The third-order valence-electron chi connectivity index (χ3n) is 4.85. The van der Waals surface area contributed by atoms with Crippen LogP contribution in [0.15, 0.2) is 0 Å². The van der Waals surface area contributed by atoms with Gasteiger partial charge in [0, 0.05) is 13.0 Å². The molecule has 25 heavy (non-hydrogen) atoms. The molecule has 0 unspecified atom stereocenters. The molecule has 1 fully saturated rings. The van der Waals surface area contributed by atoms with Crippen molar-refractivity contribution in [3.8, 4) is 0 Å². The second-order valence-corrected chi connectivity index (χ2v) is 7.24. The fourth-order valence-corrected chi connectivity index (χ4v) is 3.22. The Bertz CT molecular complexity index is 361. The zero-order valence-electron chi connectivity index (χ0n) is 16.2. The van der Waals surface area contributed by atoms with Crippen LogP contribution in [-0.4, -0.2) is 37.5 Å². The molecule has 1 rings (SSSR count). The van der Waals surface area contributed by atoms with Crippen LogP contribution in [-0.2, 0) is 9.59 Å². The minimum absolute atomic E-state index is 0.0155. The maximum absolute atomic E-state index is 11.8. The Morgan fingerprint density at radius 2 is 1.52 bits per heavy atom. The third-order valence-corrected chi connectivity index (χ3v) is 4.85. The molecule has 1 atom stereocenters. The van der Waals surface area contributed by atoms with E-state index in [1.54, 1.807) is 0 Å². The van der Waals surface area contributed by atoms with Gasteiger partial charge in [-0.05, 0) is 32.4 Å². The second-order valence-electron chi connectivity index (χ2n) is 7.24. The Kier molecular flexibility index (Phi) is 13.3. The van der Waals surface area contributed by atoms with Gasteiger partial charge in [-0.2, -0.15) is 0 Å². The lowest BCUT2D eigenvalue weighted by atomic mass is 10.1. The van der Waals surface area contributed by atoms with Crippen LogP contribution in [0, 0.1) is 0 Å². The van der Waals surface area contributed by atoms with E-state index in [2.05, 4.69) is 22.9 Å². The first kappa shape index (κ1) is 21.9. The summed E-state index contributed by atoms with van der Waals surface area (Å²) in [6.45, 7) is 4.95. The number of hydrogen-bond acceptors (Lipinski definition) is 3. The number of carbonyl (C=O) groups excluding carboxylic acids is 2. The van der Waals surface area contributed by atoms with Gasteiger partial charge < -0.3 is 16.0 Å². The van der Waals surface area contributed by atoms with Crippen molar-refractivity contribution >= 4 is 11.8 Å². The molecular weight excluding hydrogens is 314 g/mol. The Hall–Kier alpha value is -1.10. The van der Waals surface area contributed by atoms with Crippen LogP contribution in [0.25, 0.3) is 0 Å². The topological polar surface area (TPSA) is 70.2 Å². The van der Waals surface area contributed by atoms with E-state index >= 15 is 0 Å². The van der Waals surface area contributed by atoms with Crippen LogP contribution < -0.4 is 16.0 Å². The molecule has 1 aliphatic heterocycles. The van der Waals surface area contributed by atoms with Crippen molar-refractivity contribution in [2.75, 3.05) is 19.6 Å². The van der Waals surface area contributed by atoms with Crippen molar-refractivity contribution in [1.82, 2.24) is 16.0 Å². The summed E-state index contributed by atoms with van der Waals surface area (Å²) in [6, 6.07) is -0.313. The van der Waals surface area contributed by atoms with E-state index < -0.39 is 0 Å². The zero-order valence-corrected chi connectivity index (χ0v) is 16.2. The van der Waals surface area contributed by atoms with E-state index in [4.69, 9.17) is 0 Å². The first-order valence-corrected chi connectivity index (χ1v) is 10.5. The molecule has 2 amide bonds. The predicted octanol–water partition coefficient (Wildman–Crippen LogP) is 3.28. The Balaban J connectivity index is 1.74. The van der Waals surface area contributed by atoms with Gasteiger partial charge in [0.1, 0.15) is 6.04 Å². The Labute approximate surface area is 154 Å². The Morgan fingerprint density at radius 3 is 2.12 bits per heavy atom. The predicted molar refractivity (Wildman–Crippen MR) is 104 cm³/mol. The van der Waals surface area contributed by atoms with E-state index in [0.717, 1.165) is 19.5 Å². The highest BCUT2D eigenvalue weighted by Gasteiger charge is 2.26. The number of rotatable bonds is 16. The maximum atomic E-state index is 11.8. The van der Waals surface area contributed by atoms with Crippen LogP contribution in [0.4, 0.5) is 0 Å². The van der Waals surface area contributed by atoms with Gasteiger partial charge in [-0.25, -0.2) is 0 Å². The summed E-state index contributed by atoms with van der Waals surface area (Å²) in [5, 5.41) is 9.02.